The third-order valence-corrected chi connectivity index (χ3v) is 15.5. The van der Waals surface area contributed by atoms with Crippen LogP contribution in [0.4, 0.5) is 0 Å². The van der Waals surface area contributed by atoms with Crippen LogP contribution in [0.5, 0.6) is 0 Å². The number of thiazole rings is 1. The number of hydrogen-bond donors (Lipinski definition) is 4. The molecular formula is C54H63ClN8O7S. The van der Waals surface area contributed by atoms with Gasteiger partial charge in [-0.15, -0.1) is 11.3 Å². The number of aliphatic imine (C=N–C) groups is 1. The van der Waals surface area contributed by atoms with Crippen LogP contribution in [-0.4, -0.2) is 117 Å². The molecule has 3 aromatic carbocycles. The summed E-state index contributed by atoms with van der Waals surface area (Å²) in [5.41, 5.74) is 9.22. The van der Waals surface area contributed by atoms with E-state index >= 15 is 0 Å². The normalized spacial score (nSPS) is 22.3. The van der Waals surface area contributed by atoms with Gasteiger partial charge in [0.05, 0.1) is 70.4 Å². The third-order valence-electron chi connectivity index (χ3n) is 14.2. The third kappa shape index (κ3) is 11.3. The summed E-state index contributed by atoms with van der Waals surface area (Å²) in [6, 6.07) is 20.8. The lowest BCUT2D eigenvalue weighted by Gasteiger charge is -2.40. The van der Waals surface area contributed by atoms with Crippen molar-refractivity contribution < 1.29 is 33.5 Å². The van der Waals surface area contributed by atoms with E-state index in [-0.39, 0.29) is 67.9 Å². The number of fused-ring (bicyclic) bond motifs is 3. The fourth-order valence-corrected chi connectivity index (χ4v) is 11.2. The van der Waals surface area contributed by atoms with Crippen molar-refractivity contribution >= 4 is 52.3 Å². The second-order valence-electron chi connectivity index (χ2n) is 20.6. The first-order valence-electron chi connectivity index (χ1n) is 24.6. The number of aromatic nitrogens is 2. The highest BCUT2D eigenvalue weighted by Crippen LogP contribution is 2.41. The predicted molar refractivity (Wildman–Crippen MR) is 273 cm³/mol. The Bertz CT molecular complexity index is 2770. The van der Waals surface area contributed by atoms with Gasteiger partial charge in [-0.25, -0.2) is 4.98 Å². The second-order valence-corrected chi connectivity index (χ2v) is 21.9. The van der Waals surface area contributed by atoms with Crippen LogP contribution in [0.2, 0.25) is 5.02 Å². The number of hydrogen-bond acceptors (Lipinski definition) is 12. The van der Waals surface area contributed by atoms with Crippen molar-refractivity contribution in [2.45, 2.75) is 129 Å². The number of piperidine rings is 1. The van der Waals surface area contributed by atoms with E-state index in [1.165, 1.54) is 4.90 Å². The molecule has 0 spiro atoms. The molecule has 71 heavy (non-hydrogen) atoms. The Hall–Kier alpha value is -5.78. The Morgan fingerprint density at radius 3 is 2.25 bits per heavy atom. The van der Waals surface area contributed by atoms with Crippen LogP contribution in [0.3, 0.4) is 0 Å². The van der Waals surface area contributed by atoms with Crippen molar-refractivity contribution in [1.82, 2.24) is 35.9 Å². The summed E-state index contributed by atoms with van der Waals surface area (Å²) >= 11 is 7.82. The molecule has 2 aromatic heterocycles. The molecule has 0 unspecified atom stereocenters. The first-order chi connectivity index (χ1) is 34.0. The number of β-amino-alcohol motifs (C(OH)–C–C–N with tert-alkyl or cyclic N) is 1. The molecule has 4 amide bonds. The van der Waals surface area contributed by atoms with Gasteiger partial charge in [0.2, 0.25) is 23.6 Å². The standard InChI is InChI=1S/C54H63ClN8O7S/c1-30(33-11-13-35(14-12-33)50-32(3)56-29-71-50)57-52(67)44-25-38(64)27-63(44)53(68)51(54(4,5)6)60-46(66)28-62-21-19-39(20-22-62)69-40-23-37(24-40)58-45(65)26-43-49-47(31(2)61-70-49)41-9-7-8-10-42(41)48(59-43)34-15-17-36(55)18-16-34/h7-18,29-30,37-40,43-44,51,64H,19-28H2,1-6H3,(H,57,67)(H,58,65)(H,60,66)/t30-,37?,38+,40?,43-,44-,51+/m0/s1. The number of aliphatic hydroxyl groups excluding tert-OH is 1. The summed E-state index contributed by atoms with van der Waals surface area (Å²) < 4.78 is 12.4. The number of nitrogens with one attached hydrogen (secondary N) is 3. The van der Waals surface area contributed by atoms with Gasteiger partial charge in [0.1, 0.15) is 18.1 Å². The number of benzene rings is 3. The molecule has 4 N–H and O–H groups in total. The Labute approximate surface area is 423 Å². The smallest absolute Gasteiger partial charge is 0.246 e. The van der Waals surface area contributed by atoms with Crippen molar-refractivity contribution in [2.75, 3.05) is 26.2 Å². The topological polar surface area (TPSA) is 192 Å². The predicted octanol–water partition coefficient (Wildman–Crippen LogP) is 7.52. The number of nitrogens with zero attached hydrogens (tertiary/aromatic N) is 5. The van der Waals surface area contributed by atoms with Gasteiger partial charge in [-0.2, -0.15) is 0 Å². The van der Waals surface area contributed by atoms with Gasteiger partial charge in [-0.1, -0.05) is 98.2 Å². The van der Waals surface area contributed by atoms with E-state index in [2.05, 4.69) is 31.0 Å². The molecule has 3 aliphatic heterocycles. The molecule has 5 aromatic rings. The number of amides is 4. The zero-order chi connectivity index (χ0) is 50.1. The molecular weight excluding hydrogens is 940 g/mol. The maximum Gasteiger partial charge on any atom is 0.246 e. The molecule has 374 valence electrons. The molecule has 1 saturated carbocycles. The highest BCUT2D eigenvalue weighted by molar-refractivity contribution is 7.13. The molecule has 0 bridgehead atoms. The second kappa shape index (κ2) is 21.1. The number of ether oxygens (including phenoxy) is 1. The number of carbonyl (C=O) groups excluding carboxylic acids is 4. The minimum atomic E-state index is -0.920. The number of likely N-dealkylation sites (tertiary alicyclic amines) is 2. The summed E-state index contributed by atoms with van der Waals surface area (Å²) in [7, 11) is 0. The van der Waals surface area contributed by atoms with E-state index in [1.54, 1.807) is 11.3 Å². The van der Waals surface area contributed by atoms with Gasteiger partial charge in [0, 0.05) is 48.2 Å². The molecule has 5 atom stereocenters. The quantitative estimate of drug-likeness (QED) is 0.0866. The Morgan fingerprint density at radius 2 is 1.58 bits per heavy atom. The van der Waals surface area contributed by atoms with E-state index in [0.717, 1.165) is 68.2 Å². The van der Waals surface area contributed by atoms with Gasteiger partial charge < -0.3 is 35.2 Å². The van der Waals surface area contributed by atoms with Crippen LogP contribution in [0.25, 0.3) is 21.6 Å². The molecule has 2 saturated heterocycles. The maximum atomic E-state index is 14.3. The summed E-state index contributed by atoms with van der Waals surface area (Å²) in [6.07, 6.45) is 2.28. The fraction of sp³-hybridized carbons (Fsp3) is 0.463. The summed E-state index contributed by atoms with van der Waals surface area (Å²) in [5.74, 6) is -0.584. The lowest BCUT2D eigenvalue weighted by Crippen LogP contribution is -2.59. The summed E-state index contributed by atoms with van der Waals surface area (Å²) in [6.45, 7) is 12.8. The molecule has 3 fully saturated rings. The Morgan fingerprint density at radius 1 is 0.887 bits per heavy atom. The van der Waals surface area contributed by atoms with Crippen LogP contribution in [0.15, 0.2) is 87.8 Å². The van der Waals surface area contributed by atoms with E-state index in [9.17, 15) is 24.3 Å². The summed E-state index contributed by atoms with van der Waals surface area (Å²) in [5, 5.41) is 24.9. The molecule has 17 heteroatoms. The number of aliphatic hydroxyl groups is 1. The molecule has 5 heterocycles. The van der Waals surface area contributed by atoms with Gasteiger partial charge in [-0.05, 0) is 80.7 Å². The van der Waals surface area contributed by atoms with E-state index in [1.807, 2.05) is 120 Å². The first-order valence-corrected chi connectivity index (χ1v) is 25.9. The van der Waals surface area contributed by atoms with Gasteiger partial charge >= 0.3 is 0 Å². The Balaban J connectivity index is 0.732. The monoisotopic (exact) mass is 1000 g/mol. The van der Waals surface area contributed by atoms with Crippen LogP contribution in [0.1, 0.15) is 112 Å². The van der Waals surface area contributed by atoms with Gasteiger partial charge in [-0.3, -0.25) is 29.1 Å². The lowest BCUT2D eigenvalue weighted by atomic mass is 9.85. The Kier molecular flexibility index (Phi) is 14.9. The molecule has 4 aliphatic rings. The number of carbonyl (C=O) groups is 4. The minimum absolute atomic E-state index is 0.000265. The van der Waals surface area contributed by atoms with E-state index < -0.39 is 35.6 Å². The van der Waals surface area contributed by atoms with Crippen molar-refractivity contribution in [1.29, 1.82) is 0 Å². The zero-order valence-corrected chi connectivity index (χ0v) is 42.7. The first kappa shape index (κ1) is 50.2. The molecule has 15 nitrogen and oxygen atoms in total. The van der Waals surface area contributed by atoms with E-state index in [0.29, 0.717) is 36.7 Å². The molecule has 9 rings (SSSR count). The van der Waals surface area contributed by atoms with E-state index in [4.69, 9.17) is 25.9 Å². The highest BCUT2D eigenvalue weighted by atomic mass is 35.5. The van der Waals surface area contributed by atoms with Gasteiger partial charge in [0.15, 0.2) is 5.76 Å². The highest BCUT2D eigenvalue weighted by Gasteiger charge is 2.45. The fourth-order valence-electron chi connectivity index (χ4n) is 10.3. The molecule has 1 aliphatic carbocycles. The van der Waals surface area contributed by atoms with Crippen molar-refractivity contribution in [3.8, 4) is 21.6 Å². The largest absolute Gasteiger partial charge is 0.391 e. The van der Waals surface area contributed by atoms with Crippen molar-refractivity contribution in [2.24, 2.45) is 10.4 Å². The lowest BCUT2D eigenvalue weighted by molar-refractivity contribution is -0.144. The summed E-state index contributed by atoms with van der Waals surface area (Å²) in [4.78, 5) is 69.4. The average molecular weight is 1000 g/mol. The SMILES string of the molecule is Cc1ncsc1-c1ccc([C@H](C)NC(=O)[C@@H]2C[C@@H](O)CN2C(=O)[C@@H](NC(=O)CN2CCC(OC3CC(NC(=O)C[C@@H]4N=C(c5ccc(Cl)cc5)c5ccccc5-c5c(C)noc54)C3)CC2)C(C)(C)C)cc1. The van der Waals surface area contributed by atoms with Crippen LogP contribution in [-0.2, 0) is 23.9 Å². The van der Waals surface area contributed by atoms with Crippen molar-refractivity contribution in [3.05, 3.63) is 117 Å². The van der Waals surface area contributed by atoms with Crippen LogP contribution in [0, 0.1) is 19.3 Å². The van der Waals surface area contributed by atoms with Crippen molar-refractivity contribution in [3.63, 3.8) is 0 Å². The average Bonchev–Trinajstić information content (AvgIpc) is 4.04. The minimum Gasteiger partial charge on any atom is -0.391 e. The number of rotatable bonds is 14. The maximum absolute atomic E-state index is 14.3. The number of aryl methyl sites for hydroxylation is 2. The number of halogens is 1. The van der Waals surface area contributed by atoms with Crippen LogP contribution >= 0.6 is 22.9 Å². The molecule has 0 radical (unpaired) electrons. The zero-order valence-electron chi connectivity index (χ0n) is 41.1. The van der Waals surface area contributed by atoms with Gasteiger partial charge in [0.25, 0.3) is 0 Å². The van der Waals surface area contributed by atoms with Crippen LogP contribution < -0.4 is 16.0 Å².